The molecule has 140 valence electrons. The predicted octanol–water partition coefficient (Wildman–Crippen LogP) is 2.85. The number of phenols is 2. The third kappa shape index (κ3) is 2.79. The molecule has 7 nitrogen and oxygen atoms in total. The van der Waals surface area contributed by atoms with Crippen LogP contribution < -0.4 is 23.7 Å². The first-order chi connectivity index (χ1) is 12.5. The summed E-state index contributed by atoms with van der Waals surface area (Å²) in [4.78, 5) is 0. The van der Waals surface area contributed by atoms with Gasteiger partial charge in [0.25, 0.3) is 0 Å². The number of ether oxygens (including phenoxy) is 5. The molecule has 0 amide bonds. The van der Waals surface area contributed by atoms with Crippen LogP contribution in [-0.2, 0) is 6.42 Å². The summed E-state index contributed by atoms with van der Waals surface area (Å²) in [5.41, 5.74) is 1.65. The van der Waals surface area contributed by atoms with Crippen molar-refractivity contribution in [3.63, 3.8) is 0 Å². The van der Waals surface area contributed by atoms with Crippen molar-refractivity contribution in [2.24, 2.45) is 0 Å². The zero-order chi connectivity index (χ0) is 18.8. The van der Waals surface area contributed by atoms with Gasteiger partial charge in [-0.2, -0.15) is 0 Å². The van der Waals surface area contributed by atoms with Gasteiger partial charge in [-0.3, -0.25) is 0 Å². The van der Waals surface area contributed by atoms with Crippen LogP contribution in [0.2, 0.25) is 0 Å². The molecule has 0 fully saturated rings. The lowest BCUT2D eigenvalue weighted by atomic mass is 9.89. The summed E-state index contributed by atoms with van der Waals surface area (Å²) >= 11 is 0. The van der Waals surface area contributed by atoms with Crippen molar-refractivity contribution in [1.82, 2.24) is 0 Å². The van der Waals surface area contributed by atoms with Gasteiger partial charge < -0.3 is 33.9 Å². The highest BCUT2D eigenvalue weighted by atomic mass is 16.5. The number of phenolic OH excluding ortho intramolecular Hbond substituents is 2. The van der Waals surface area contributed by atoms with Gasteiger partial charge in [0.05, 0.1) is 35.0 Å². The Morgan fingerprint density at radius 2 is 1.62 bits per heavy atom. The average Bonchev–Trinajstić information content (AvgIpc) is 2.66. The van der Waals surface area contributed by atoms with Crippen molar-refractivity contribution in [1.29, 1.82) is 0 Å². The molecule has 0 saturated carbocycles. The Labute approximate surface area is 151 Å². The highest BCUT2D eigenvalue weighted by molar-refractivity contribution is 5.64. The summed E-state index contributed by atoms with van der Waals surface area (Å²) in [6.07, 6.45) is 0.622. The van der Waals surface area contributed by atoms with Gasteiger partial charge in [-0.25, -0.2) is 0 Å². The first-order valence-corrected chi connectivity index (χ1v) is 8.09. The molecule has 0 aromatic heterocycles. The fraction of sp³-hybridized carbons (Fsp3) is 0.368. The lowest BCUT2D eigenvalue weighted by Crippen LogP contribution is -2.20. The maximum absolute atomic E-state index is 10.5. The molecule has 0 spiro atoms. The Morgan fingerprint density at radius 1 is 0.923 bits per heavy atom. The third-order valence-corrected chi connectivity index (χ3v) is 4.54. The van der Waals surface area contributed by atoms with Crippen molar-refractivity contribution in [2.75, 3.05) is 35.0 Å². The first kappa shape index (κ1) is 17.8. The molecule has 3 rings (SSSR count). The molecule has 26 heavy (non-hydrogen) atoms. The number of hydrogen-bond acceptors (Lipinski definition) is 7. The van der Waals surface area contributed by atoms with Gasteiger partial charge in [0, 0.05) is 11.5 Å². The van der Waals surface area contributed by atoms with Crippen LogP contribution in [0, 0.1) is 0 Å². The van der Waals surface area contributed by atoms with Gasteiger partial charge >= 0.3 is 0 Å². The van der Waals surface area contributed by atoms with E-state index in [2.05, 4.69) is 0 Å². The molecule has 1 aliphatic rings. The number of methoxy groups -OCH3 is 4. The van der Waals surface area contributed by atoms with Crippen molar-refractivity contribution in [3.8, 4) is 40.2 Å². The smallest absolute Gasteiger partial charge is 0.207 e. The van der Waals surface area contributed by atoms with Crippen LogP contribution in [-0.4, -0.2) is 45.3 Å². The zero-order valence-electron chi connectivity index (χ0n) is 15.2. The van der Waals surface area contributed by atoms with Crippen molar-refractivity contribution < 1.29 is 33.9 Å². The van der Waals surface area contributed by atoms with Crippen molar-refractivity contribution >= 4 is 0 Å². The summed E-state index contributed by atoms with van der Waals surface area (Å²) in [6, 6.07) is 5.16. The molecule has 1 atom stereocenters. The molecule has 1 heterocycles. The summed E-state index contributed by atoms with van der Waals surface area (Å²) in [6.45, 7) is 0.331. The van der Waals surface area contributed by atoms with Crippen LogP contribution in [0.4, 0.5) is 0 Å². The number of aromatic hydroxyl groups is 2. The maximum Gasteiger partial charge on any atom is 0.207 e. The highest BCUT2D eigenvalue weighted by Crippen LogP contribution is 2.50. The van der Waals surface area contributed by atoms with Crippen molar-refractivity contribution in [3.05, 3.63) is 29.3 Å². The van der Waals surface area contributed by atoms with E-state index in [4.69, 9.17) is 23.7 Å². The second-order valence-electron chi connectivity index (χ2n) is 5.90. The second-order valence-corrected chi connectivity index (χ2v) is 5.90. The molecule has 2 N–H and O–H groups in total. The summed E-state index contributed by atoms with van der Waals surface area (Å²) in [5, 5.41) is 20.4. The SMILES string of the molecule is COc1cc(C2COc3c(ccc(O)c3OC)C2)c(OC)c(O)c1OC. The average molecular weight is 362 g/mol. The van der Waals surface area contributed by atoms with E-state index in [1.54, 1.807) is 18.2 Å². The summed E-state index contributed by atoms with van der Waals surface area (Å²) in [7, 11) is 5.94. The van der Waals surface area contributed by atoms with Gasteiger partial charge in [0.1, 0.15) is 0 Å². The highest BCUT2D eigenvalue weighted by Gasteiger charge is 2.30. The lowest BCUT2D eigenvalue weighted by molar-refractivity contribution is 0.239. The van der Waals surface area contributed by atoms with E-state index >= 15 is 0 Å². The molecule has 0 aliphatic carbocycles. The Balaban J connectivity index is 2.05. The molecule has 2 aromatic rings. The van der Waals surface area contributed by atoms with E-state index < -0.39 is 0 Å². The minimum absolute atomic E-state index is 0.0334. The van der Waals surface area contributed by atoms with Crippen LogP contribution in [0.5, 0.6) is 40.2 Å². The van der Waals surface area contributed by atoms with Crippen LogP contribution in [0.25, 0.3) is 0 Å². The van der Waals surface area contributed by atoms with E-state index in [0.29, 0.717) is 36.0 Å². The molecule has 1 unspecified atom stereocenters. The van der Waals surface area contributed by atoms with Crippen molar-refractivity contribution in [2.45, 2.75) is 12.3 Å². The Bertz CT molecular complexity index is 816. The minimum Gasteiger partial charge on any atom is -0.504 e. The van der Waals surface area contributed by atoms with Crippen LogP contribution in [0.15, 0.2) is 18.2 Å². The maximum atomic E-state index is 10.5. The zero-order valence-corrected chi connectivity index (χ0v) is 15.2. The minimum atomic E-state index is -0.113. The summed E-state index contributed by atoms with van der Waals surface area (Å²) in [5.74, 6) is 1.65. The van der Waals surface area contributed by atoms with E-state index in [1.807, 2.05) is 0 Å². The van der Waals surface area contributed by atoms with Crippen LogP contribution in [0.1, 0.15) is 17.0 Å². The van der Waals surface area contributed by atoms with Gasteiger partial charge in [0.15, 0.2) is 23.0 Å². The van der Waals surface area contributed by atoms with Gasteiger partial charge in [0.2, 0.25) is 17.2 Å². The molecular weight excluding hydrogens is 340 g/mol. The third-order valence-electron chi connectivity index (χ3n) is 4.54. The van der Waals surface area contributed by atoms with Crippen LogP contribution in [0.3, 0.4) is 0 Å². The van der Waals surface area contributed by atoms with Crippen LogP contribution >= 0.6 is 0 Å². The number of hydrogen-bond donors (Lipinski definition) is 2. The fourth-order valence-electron chi connectivity index (χ4n) is 3.31. The first-order valence-electron chi connectivity index (χ1n) is 8.09. The lowest BCUT2D eigenvalue weighted by Gasteiger charge is -2.28. The normalized spacial score (nSPS) is 15.6. The molecule has 0 bridgehead atoms. The quantitative estimate of drug-likeness (QED) is 0.846. The molecule has 7 heteroatoms. The van der Waals surface area contributed by atoms with E-state index in [0.717, 1.165) is 11.1 Å². The van der Waals surface area contributed by atoms with E-state index in [1.165, 1.54) is 28.4 Å². The largest absolute Gasteiger partial charge is 0.504 e. The molecule has 2 aromatic carbocycles. The van der Waals surface area contributed by atoms with Gasteiger partial charge in [-0.1, -0.05) is 6.07 Å². The van der Waals surface area contributed by atoms with E-state index in [9.17, 15) is 10.2 Å². The number of rotatable bonds is 5. The second kappa shape index (κ2) is 7.11. The predicted molar refractivity (Wildman–Crippen MR) is 94.4 cm³/mol. The topological polar surface area (TPSA) is 86.6 Å². The monoisotopic (exact) mass is 362 g/mol. The Morgan fingerprint density at radius 3 is 2.23 bits per heavy atom. The van der Waals surface area contributed by atoms with E-state index in [-0.39, 0.29) is 23.2 Å². The fourth-order valence-corrected chi connectivity index (χ4v) is 3.31. The number of fused-ring (bicyclic) bond motifs is 1. The van der Waals surface area contributed by atoms with Gasteiger partial charge in [-0.05, 0) is 24.1 Å². The Hall–Kier alpha value is -2.96. The summed E-state index contributed by atoms with van der Waals surface area (Å²) < 4.78 is 27.1. The number of benzene rings is 2. The Kier molecular flexibility index (Phi) is 4.88. The standard InChI is InChI=1S/C19H22O7/c1-22-14-8-12(17(23-2)15(21)19(14)25-4)11-7-10-5-6-13(20)18(24-3)16(10)26-9-11/h5-6,8,11,20-21H,7,9H2,1-4H3. The molecule has 0 radical (unpaired) electrons. The molecule has 0 saturated heterocycles. The van der Waals surface area contributed by atoms with Gasteiger partial charge in [-0.15, -0.1) is 0 Å². The molecular formula is C19H22O7. The molecule has 1 aliphatic heterocycles.